The smallest absolute Gasteiger partial charge is 0.248 e. The fourth-order valence-electron chi connectivity index (χ4n) is 4.56. The van der Waals surface area contributed by atoms with Crippen LogP contribution in [-0.2, 0) is 16.0 Å². The van der Waals surface area contributed by atoms with Crippen molar-refractivity contribution in [3.8, 4) is 11.1 Å². The number of carbonyl (C=O) groups is 3. The van der Waals surface area contributed by atoms with E-state index in [9.17, 15) is 14.4 Å². The summed E-state index contributed by atoms with van der Waals surface area (Å²) in [6.07, 6.45) is 3.38. The monoisotopic (exact) mass is 550 g/mol. The molecule has 0 aromatic heterocycles. The first kappa shape index (κ1) is 28.0. The summed E-state index contributed by atoms with van der Waals surface area (Å²) in [5.74, 6) is -0.835. The third-order valence-corrected chi connectivity index (χ3v) is 6.75. The molecule has 0 radical (unpaired) electrons. The van der Waals surface area contributed by atoms with E-state index in [1.807, 2.05) is 91.9 Å². The van der Waals surface area contributed by atoms with Crippen LogP contribution in [0, 0.1) is 6.92 Å². The van der Waals surface area contributed by atoms with Crippen molar-refractivity contribution in [1.82, 2.24) is 0 Å². The summed E-state index contributed by atoms with van der Waals surface area (Å²) in [6.45, 7) is 1.99. The minimum atomic E-state index is -0.339. The second-order valence-corrected chi connectivity index (χ2v) is 9.98. The van der Waals surface area contributed by atoms with Crippen LogP contribution in [0.2, 0.25) is 0 Å². The predicted octanol–water partition coefficient (Wildman–Crippen LogP) is 7.73. The number of amides is 2. The van der Waals surface area contributed by atoms with Crippen LogP contribution in [0.1, 0.15) is 32.6 Å². The first-order chi connectivity index (χ1) is 20.4. The molecule has 5 rings (SSSR count). The van der Waals surface area contributed by atoms with Crippen molar-refractivity contribution in [2.45, 2.75) is 13.3 Å². The van der Waals surface area contributed by atoms with E-state index in [1.54, 1.807) is 48.5 Å². The first-order valence-electron chi connectivity index (χ1n) is 13.7. The van der Waals surface area contributed by atoms with Gasteiger partial charge in [-0.05, 0) is 59.5 Å². The normalized spacial score (nSPS) is 10.8. The lowest BCUT2D eigenvalue weighted by Gasteiger charge is -2.13. The lowest BCUT2D eigenvalue weighted by Crippen LogP contribution is -2.18. The molecule has 206 valence electrons. The van der Waals surface area contributed by atoms with Gasteiger partial charge in [-0.15, -0.1) is 0 Å². The molecule has 0 aliphatic rings. The molecule has 0 unspecified atom stereocenters. The number of hydrogen-bond donors (Lipinski definition) is 2. The molecular weight excluding hydrogens is 520 g/mol. The fraction of sp³-hybridized carbons (Fsp3) is 0.0541. The molecule has 0 saturated heterocycles. The van der Waals surface area contributed by atoms with Crippen molar-refractivity contribution in [2.75, 3.05) is 10.6 Å². The number of aryl methyl sites for hydroxylation is 1. The van der Waals surface area contributed by atoms with Gasteiger partial charge < -0.3 is 10.6 Å². The third-order valence-electron chi connectivity index (χ3n) is 6.75. The van der Waals surface area contributed by atoms with E-state index in [0.29, 0.717) is 16.9 Å². The average Bonchev–Trinajstić information content (AvgIpc) is 3.02. The highest BCUT2D eigenvalue weighted by Gasteiger charge is 2.17. The molecule has 0 saturated carbocycles. The van der Waals surface area contributed by atoms with Gasteiger partial charge in [0.15, 0.2) is 5.78 Å². The van der Waals surface area contributed by atoms with Gasteiger partial charge in [0.25, 0.3) is 0 Å². The van der Waals surface area contributed by atoms with Crippen molar-refractivity contribution < 1.29 is 14.4 Å². The quantitative estimate of drug-likeness (QED) is 0.146. The largest absolute Gasteiger partial charge is 0.325 e. The summed E-state index contributed by atoms with van der Waals surface area (Å²) in [5, 5.41) is 5.72. The van der Waals surface area contributed by atoms with E-state index in [4.69, 9.17) is 0 Å². The highest BCUT2D eigenvalue weighted by atomic mass is 16.2. The number of hydrogen-bond acceptors (Lipinski definition) is 3. The molecule has 0 atom stereocenters. The molecule has 0 aliphatic carbocycles. The predicted molar refractivity (Wildman–Crippen MR) is 169 cm³/mol. The second kappa shape index (κ2) is 13.2. The van der Waals surface area contributed by atoms with Gasteiger partial charge in [-0.2, -0.15) is 0 Å². The Bertz CT molecular complexity index is 1740. The molecule has 0 spiro atoms. The molecule has 42 heavy (non-hydrogen) atoms. The van der Waals surface area contributed by atoms with Gasteiger partial charge in [-0.3, -0.25) is 14.4 Å². The van der Waals surface area contributed by atoms with E-state index >= 15 is 0 Å². The van der Waals surface area contributed by atoms with Gasteiger partial charge in [0.2, 0.25) is 11.8 Å². The number of rotatable bonds is 9. The Morgan fingerprint density at radius 2 is 1.36 bits per heavy atom. The Labute approximate surface area is 245 Å². The Balaban J connectivity index is 1.34. The Hall–Kier alpha value is -5.55. The van der Waals surface area contributed by atoms with Gasteiger partial charge >= 0.3 is 0 Å². The Kier molecular flexibility index (Phi) is 8.80. The molecule has 0 heterocycles. The topological polar surface area (TPSA) is 75.3 Å². The molecule has 0 fully saturated rings. The molecule has 5 aromatic carbocycles. The van der Waals surface area contributed by atoms with Crippen LogP contribution >= 0.6 is 0 Å². The van der Waals surface area contributed by atoms with Crippen molar-refractivity contribution in [3.05, 3.63) is 161 Å². The molecule has 5 nitrogen and oxygen atoms in total. The SMILES string of the molecule is Cc1ccc(CC(=O)Nc2ccc(NC(=O)/C=C/c3cccc(-c4ccccc4)c3)cc2C(=O)c2ccccc2)cc1. The lowest BCUT2D eigenvalue weighted by atomic mass is 10.0. The van der Waals surface area contributed by atoms with Crippen LogP contribution in [0.25, 0.3) is 17.2 Å². The highest BCUT2D eigenvalue weighted by Crippen LogP contribution is 2.25. The zero-order valence-corrected chi connectivity index (χ0v) is 23.2. The Morgan fingerprint density at radius 1 is 0.667 bits per heavy atom. The van der Waals surface area contributed by atoms with Crippen molar-refractivity contribution in [2.24, 2.45) is 0 Å². The summed E-state index contributed by atoms with van der Waals surface area (Å²) in [7, 11) is 0. The minimum Gasteiger partial charge on any atom is -0.325 e. The minimum absolute atomic E-state index is 0.175. The fourth-order valence-corrected chi connectivity index (χ4v) is 4.56. The number of nitrogens with one attached hydrogen (secondary N) is 2. The second-order valence-electron chi connectivity index (χ2n) is 9.98. The Morgan fingerprint density at radius 3 is 2.10 bits per heavy atom. The summed E-state index contributed by atoms with van der Waals surface area (Å²) in [5.41, 5.74) is 6.62. The molecular formula is C37H30N2O3. The van der Waals surface area contributed by atoms with E-state index in [-0.39, 0.29) is 29.6 Å². The third kappa shape index (κ3) is 7.34. The lowest BCUT2D eigenvalue weighted by molar-refractivity contribution is -0.115. The zero-order chi connectivity index (χ0) is 29.3. The maximum Gasteiger partial charge on any atom is 0.248 e. The maximum atomic E-state index is 13.5. The van der Waals surface area contributed by atoms with Gasteiger partial charge in [-0.25, -0.2) is 0 Å². The maximum absolute atomic E-state index is 13.5. The van der Waals surface area contributed by atoms with Crippen LogP contribution in [0.3, 0.4) is 0 Å². The van der Waals surface area contributed by atoms with E-state index in [2.05, 4.69) is 10.6 Å². The number of carbonyl (C=O) groups excluding carboxylic acids is 3. The molecule has 5 aromatic rings. The number of anilines is 2. The summed E-state index contributed by atoms with van der Waals surface area (Å²) in [4.78, 5) is 39.2. The average molecular weight is 551 g/mol. The highest BCUT2D eigenvalue weighted by molar-refractivity contribution is 6.15. The van der Waals surface area contributed by atoms with Gasteiger partial charge in [0, 0.05) is 22.9 Å². The van der Waals surface area contributed by atoms with Crippen molar-refractivity contribution in [1.29, 1.82) is 0 Å². The van der Waals surface area contributed by atoms with Crippen LogP contribution in [-0.4, -0.2) is 17.6 Å². The van der Waals surface area contributed by atoms with Crippen LogP contribution in [0.5, 0.6) is 0 Å². The summed E-state index contributed by atoms with van der Waals surface area (Å²) >= 11 is 0. The molecule has 5 heteroatoms. The van der Waals surface area contributed by atoms with E-state index in [1.165, 1.54) is 6.08 Å². The molecule has 2 N–H and O–H groups in total. The summed E-state index contributed by atoms with van der Waals surface area (Å²) < 4.78 is 0. The van der Waals surface area contributed by atoms with Gasteiger partial charge in [-0.1, -0.05) is 109 Å². The molecule has 0 bridgehead atoms. The zero-order valence-electron chi connectivity index (χ0n) is 23.2. The van der Waals surface area contributed by atoms with Crippen LogP contribution in [0.15, 0.2) is 133 Å². The van der Waals surface area contributed by atoms with Gasteiger partial charge in [0.05, 0.1) is 12.1 Å². The van der Waals surface area contributed by atoms with Crippen LogP contribution in [0.4, 0.5) is 11.4 Å². The number of benzene rings is 5. The van der Waals surface area contributed by atoms with E-state index in [0.717, 1.165) is 27.8 Å². The first-order valence-corrected chi connectivity index (χ1v) is 13.7. The molecule has 0 aliphatic heterocycles. The van der Waals surface area contributed by atoms with Crippen LogP contribution < -0.4 is 10.6 Å². The van der Waals surface area contributed by atoms with Gasteiger partial charge in [0.1, 0.15) is 0 Å². The van der Waals surface area contributed by atoms with Crippen molar-refractivity contribution in [3.63, 3.8) is 0 Å². The van der Waals surface area contributed by atoms with Crippen molar-refractivity contribution >= 4 is 35.0 Å². The number of ketones is 1. The molecule has 2 amide bonds. The van der Waals surface area contributed by atoms with E-state index < -0.39 is 0 Å². The standard InChI is InChI=1S/C37H30N2O3/c1-26-15-17-28(18-16-26)24-36(41)39-34-21-20-32(25-33(34)37(42)30-12-6-3-7-13-30)38-35(40)22-19-27-9-8-14-31(23-27)29-10-4-2-5-11-29/h2-23,25H,24H2,1H3,(H,38,40)(H,39,41)/b22-19+. The summed E-state index contributed by atoms with van der Waals surface area (Å²) in [6, 6.07) is 39.5.